The van der Waals surface area contributed by atoms with Gasteiger partial charge in [0.15, 0.2) is 0 Å². The van der Waals surface area contributed by atoms with E-state index in [-0.39, 0.29) is 6.03 Å². The predicted molar refractivity (Wildman–Crippen MR) is 73.3 cm³/mol. The molecule has 1 aromatic rings. The summed E-state index contributed by atoms with van der Waals surface area (Å²) in [4.78, 5) is 13.9. The van der Waals surface area contributed by atoms with Crippen molar-refractivity contribution in [1.29, 1.82) is 0 Å². The van der Waals surface area contributed by atoms with Crippen LogP contribution in [0.1, 0.15) is 24.8 Å². The van der Waals surface area contributed by atoms with Gasteiger partial charge in [0, 0.05) is 17.6 Å². The molecule has 3 nitrogen and oxygen atoms in total. The molecule has 0 saturated carbocycles. The Morgan fingerprint density at radius 1 is 1.29 bits per heavy atom. The highest BCUT2D eigenvalue weighted by atomic mass is 79.9. The standard InChI is InChI=1S/C13H17BrN2O/c1-10-5-6-11(14)12(9-10)15-13(17)16-7-3-2-4-8-16/h5-6,9H,2-4,7-8H2,1H3,(H,15,17). The SMILES string of the molecule is Cc1ccc(Br)c(NC(=O)N2CCCCC2)c1. The Labute approximate surface area is 110 Å². The smallest absolute Gasteiger partial charge is 0.321 e. The number of aryl methyl sites for hydroxylation is 1. The maximum atomic E-state index is 12.0. The first-order valence-electron chi connectivity index (χ1n) is 5.99. The molecular weight excluding hydrogens is 280 g/mol. The number of anilines is 1. The zero-order valence-electron chi connectivity index (χ0n) is 10.0. The van der Waals surface area contributed by atoms with Crippen LogP contribution in [0, 0.1) is 6.92 Å². The molecule has 1 saturated heterocycles. The zero-order valence-corrected chi connectivity index (χ0v) is 11.6. The van der Waals surface area contributed by atoms with E-state index in [1.165, 1.54) is 6.42 Å². The lowest BCUT2D eigenvalue weighted by Gasteiger charge is -2.27. The summed E-state index contributed by atoms with van der Waals surface area (Å²) >= 11 is 3.45. The van der Waals surface area contributed by atoms with Crippen LogP contribution < -0.4 is 5.32 Å². The molecule has 1 aliphatic rings. The molecule has 0 bridgehead atoms. The minimum Gasteiger partial charge on any atom is -0.325 e. The lowest BCUT2D eigenvalue weighted by molar-refractivity contribution is 0.200. The lowest BCUT2D eigenvalue weighted by Crippen LogP contribution is -2.38. The van der Waals surface area contributed by atoms with Crippen molar-refractivity contribution in [3.05, 3.63) is 28.2 Å². The number of carbonyl (C=O) groups is 1. The Bertz CT molecular complexity index is 414. The summed E-state index contributed by atoms with van der Waals surface area (Å²) < 4.78 is 0.924. The van der Waals surface area contributed by atoms with Crippen LogP contribution in [0.3, 0.4) is 0 Å². The third-order valence-corrected chi connectivity index (χ3v) is 3.70. The minimum absolute atomic E-state index is 0.0102. The van der Waals surface area contributed by atoms with Gasteiger partial charge in [0.05, 0.1) is 5.69 Å². The Kier molecular flexibility index (Phi) is 4.05. The van der Waals surface area contributed by atoms with Gasteiger partial charge in [-0.3, -0.25) is 0 Å². The van der Waals surface area contributed by atoms with E-state index < -0.39 is 0 Å². The minimum atomic E-state index is 0.0102. The summed E-state index contributed by atoms with van der Waals surface area (Å²) in [5.41, 5.74) is 1.99. The summed E-state index contributed by atoms with van der Waals surface area (Å²) in [6.07, 6.45) is 3.46. The largest absolute Gasteiger partial charge is 0.325 e. The average Bonchev–Trinajstić information content (AvgIpc) is 2.35. The van der Waals surface area contributed by atoms with Gasteiger partial charge in [-0.25, -0.2) is 4.79 Å². The van der Waals surface area contributed by atoms with Gasteiger partial charge in [0.25, 0.3) is 0 Å². The van der Waals surface area contributed by atoms with E-state index in [9.17, 15) is 4.79 Å². The van der Waals surface area contributed by atoms with E-state index >= 15 is 0 Å². The first-order chi connectivity index (χ1) is 8.16. The Hall–Kier alpha value is -1.03. The van der Waals surface area contributed by atoms with Crippen molar-refractivity contribution in [2.24, 2.45) is 0 Å². The number of piperidine rings is 1. The van der Waals surface area contributed by atoms with Crippen LogP contribution in [0.25, 0.3) is 0 Å². The van der Waals surface area contributed by atoms with E-state index in [2.05, 4.69) is 21.2 Å². The molecule has 0 aliphatic carbocycles. The quantitative estimate of drug-likeness (QED) is 0.840. The van der Waals surface area contributed by atoms with Crippen LogP contribution in [0.2, 0.25) is 0 Å². The van der Waals surface area contributed by atoms with Gasteiger partial charge in [0.2, 0.25) is 0 Å². The van der Waals surface area contributed by atoms with Crippen LogP contribution in [-0.4, -0.2) is 24.0 Å². The Balaban J connectivity index is 2.04. The van der Waals surface area contributed by atoms with E-state index in [4.69, 9.17) is 0 Å². The monoisotopic (exact) mass is 296 g/mol. The molecule has 1 heterocycles. The first-order valence-corrected chi connectivity index (χ1v) is 6.78. The fourth-order valence-corrected chi connectivity index (χ4v) is 2.37. The molecule has 1 fully saturated rings. The third-order valence-electron chi connectivity index (χ3n) is 3.01. The highest BCUT2D eigenvalue weighted by molar-refractivity contribution is 9.10. The molecule has 0 atom stereocenters. The topological polar surface area (TPSA) is 32.3 Å². The molecule has 4 heteroatoms. The molecule has 1 aromatic carbocycles. The molecule has 2 rings (SSSR count). The molecule has 92 valence electrons. The number of hydrogen-bond acceptors (Lipinski definition) is 1. The van der Waals surface area contributed by atoms with Crippen molar-refractivity contribution in [3.63, 3.8) is 0 Å². The van der Waals surface area contributed by atoms with Crippen LogP contribution >= 0.6 is 15.9 Å². The highest BCUT2D eigenvalue weighted by Crippen LogP contribution is 2.24. The van der Waals surface area contributed by atoms with Gasteiger partial charge in [-0.15, -0.1) is 0 Å². The van der Waals surface area contributed by atoms with E-state index in [0.717, 1.165) is 41.7 Å². The molecule has 2 amide bonds. The van der Waals surface area contributed by atoms with Crippen molar-refractivity contribution in [2.45, 2.75) is 26.2 Å². The molecule has 0 spiro atoms. The molecular formula is C13H17BrN2O. The summed E-state index contributed by atoms with van der Waals surface area (Å²) in [7, 11) is 0. The maximum Gasteiger partial charge on any atom is 0.321 e. The number of carbonyl (C=O) groups excluding carboxylic acids is 1. The van der Waals surface area contributed by atoms with Crippen molar-refractivity contribution < 1.29 is 4.79 Å². The first kappa shape index (κ1) is 12.4. The molecule has 17 heavy (non-hydrogen) atoms. The van der Waals surface area contributed by atoms with Crippen molar-refractivity contribution in [2.75, 3.05) is 18.4 Å². The molecule has 1 N–H and O–H groups in total. The van der Waals surface area contributed by atoms with Gasteiger partial charge in [-0.05, 0) is 59.8 Å². The number of nitrogens with one attached hydrogen (secondary N) is 1. The van der Waals surface area contributed by atoms with E-state index in [1.807, 2.05) is 30.0 Å². The number of urea groups is 1. The second-order valence-electron chi connectivity index (χ2n) is 4.46. The highest BCUT2D eigenvalue weighted by Gasteiger charge is 2.16. The fourth-order valence-electron chi connectivity index (χ4n) is 2.03. The fraction of sp³-hybridized carbons (Fsp3) is 0.462. The van der Waals surface area contributed by atoms with E-state index in [1.54, 1.807) is 0 Å². The molecule has 1 aliphatic heterocycles. The molecule has 0 unspecified atom stereocenters. The summed E-state index contributed by atoms with van der Waals surface area (Å²) in [5.74, 6) is 0. The zero-order chi connectivity index (χ0) is 12.3. The van der Waals surface area contributed by atoms with Crippen LogP contribution in [0.5, 0.6) is 0 Å². The van der Waals surface area contributed by atoms with Crippen LogP contribution in [0.4, 0.5) is 10.5 Å². The summed E-state index contributed by atoms with van der Waals surface area (Å²) in [5, 5.41) is 2.96. The molecule has 0 radical (unpaired) electrons. The van der Waals surface area contributed by atoms with Crippen LogP contribution in [0.15, 0.2) is 22.7 Å². The predicted octanol–water partition coefficient (Wildman–Crippen LogP) is 3.78. The van der Waals surface area contributed by atoms with Gasteiger partial charge in [0.1, 0.15) is 0 Å². The Morgan fingerprint density at radius 2 is 2.00 bits per heavy atom. The van der Waals surface area contributed by atoms with Crippen LogP contribution in [-0.2, 0) is 0 Å². The van der Waals surface area contributed by atoms with Crippen molar-refractivity contribution in [1.82, 2.24) is 4.90 Å². The second kappa shape index (κ2) is 5.54. The third kappa shape index (κ3) is 3.22. The van der Waals surface area contributed by atoms with Gasteiger partial charge < -0.3 is 10.2 Å². The second-order valence-corrected chi connectivity index (χ2v) is 5.32. The number of halogens is 1. The number of hydrogen-bond donors (Lipinski definition) is 1. The van der Waals surface area contributed by atoms with Gasteiger partial charge in [-0.1, -0.05) is 6.07 Å². The van der Waals surface area contributed by atoms with Gasteiger partial charge >= 0.3 is 6.03 Å². The number of rotatable bonds is 1. The lowest BCUT2D eigenvalue weighted by atomic mass is 10.1. The normalized spacial score (nSPS) is 15.8. The number of amides is 2. The number of likely N-dealkylation sites (tertiary alicyclic amines) is 1. The number of benzene rings is 1. The van der Waals surface area contributed by atoms with Crippen molar-refractivity contribution >= 4 is 27.6 Å². The maximum absolute atomic E-state index is 12.0. The van der Waals surface area contributed by atoms with E-state index in [0.29, 0.717) is 0 Å². The molecule has 0 aromatic heterocycles. The summed E-state index contributed by atoms with van der Waals surface area (Å²) in [6, 6.07) is 5.96. The average molecular weight is 297 g/mol. The van der Waals surface area contributed by atoms with Gasteiger partial charge in [-0.2, -0.15) is 0 Å². The Morgan fingerprint density at radius 3 is 2.71 bits per heavy atom. The number of nitrogens with zero attached hydrogens (tertiary/aromatic N) is 1. The summed E-state index contributed by atoms with van der Waals surface area (Å²) in [6.45, 7) is 3.76. The van der Waals surface area contributed by atoms with Crippen molar-refractivity contribution in [3.8, 4) is 0 Å².